The number of ketones is 1. The fourth-order valence-corrected chi connectivity index (χ4v) is 3.57. The molecule has 0 radical (unpaired) electrons. The Morgan fingerprint density at radius 3 is 2.58 bits per heavy atom. The molecule has 1 saturated heterocycles. The van der Waals surface area contributed by atoms with E-state index >= 15 is 0 Å². The summed E-state index contributed by atoms with van der Waals surface area (Å²) < 4.78 is 10.3. The lowest BCUT2D eigenvalue weighted by Crippen LogP contribution is -2.31. The molecule has 0 aromatic heterocycles. The number of non-ortho nitro benzene ring substituents is 1. The fourth-order valence-electron chi connectivity index (χ4n) is 3.57. The topological polar surface area (TPSA) is 119 Å². The molecule has 1 unspecified atom stereocenters. The third-order valence-electron chi connectivity index (χ3n) is 5.03. The number of carbonyl (C=O) groups excluding carboxylic acids is 2. The molecule has 0 bridgehead atoms. The van der Waals surface area contributed by atoms with Crippen LogP contribution >= 0.6 is 0 Å². The van der Waals surface area contributed by atoms with Gasteiger partial charge in [0, 0.05) is 38.0 Å². The molecule has 9 heteroatoms. The first-order chi connectivity index (χ1) is 14.9. The second-order valence-corrected chi connectivity index (χ2v) is 6.92. The van der Waals surface area contributed by atoms with Crippen LogP contribution in [-0.2, 0) is 14.3 Å². The van der Waals surface area contributed by atoms with Gasteiger partial charge in [-0.15, -0.1) is 0 Å². The molecule has 2 aromatic carbocycles. The van der Waals surface area contributed by atoms with E-state index < -0.39 is 28.4 Å². The van der Waals surface area contributed by atoms with Gasteiger partial charge in [0.1, 0.15) is 11.5 Å². The number of carbonyl (C=O) groups is 2. The molecule has 1 N–H and O–H groups in total. The maximum Gasteiger partial charge on any atom is 0.295 e. The molecule has 31 heavy (non-hydrogen) atoms. The Balaban J connectivity index is 2.16. The van der Waals surface area contributed by atoms with Crippen molar-refractivity contribution in [2.24, 2.45) is 0 Å². The van der Waals surface area contributed by atoms with E-state index in [1.54, 1.807) is 24.3 Å². The monoisotopic (exact) mass is 426 g/mol. The summed E-state index contributed by atoms with van der Waals surface area (Å²) in [6, 6.07) is 11.3. The average Bonchev–Trinajstić information content (AvgIpc) is 3.04. The highest BCUT2D eigenvalue weighted by molar-refractivity contribution is 6.46. The smallest absolute Gasteiger partial charge is 0.295 e. The largest absolute Gasteiger partial charge is 0.507 e. The van der Waals surface area contributed by atoms with E-state index in [4.69, 9.17) is 9.47 Å². The molecule has 0 spiro atoms. The first kappa shape index (κ1) is 22.0. The first-order valence-corrected chi connectivity index (χ1v) is 9.55. The van der Waals surface area contributed by atoms with Gasteiger partial charge >= 0.3 is 0 Å². The van der Waals surface area contributed by atoms with Gasteiger partial charge < -0.3 is 19.5 Å². The predicted molar refractivity (Wildman–Crippen MR) is 112 cm³/mol. The summed E-state index contributed by atoms with van der Waals surface area (Å²) in [5.74, 6) is -1.55. The van der Waals surface area contributed by atoms with Crippen LogP contribution in [0.3, 0.4) is 0 Å². The van der Waals surface area contributed by atoms with Crippen molar-refractivity contribution in [3.05, 3.63) is 75.3 Å². The summed E-state index contributed by atoms with van der Waals surface area (Å²) in [6.45, 7) is 0.616. The van der Waals surface area contributed by atoms with Crippen LogP contribution < -0.4 is 4.74 Å². The van der Waals surface area contributed by atoms with Gasteiger partial charge in [-0.2, -0.15) is 0 Å². The van der Waals surface area contributed by atoms with Crippen molar-refractivity contribution in [1.82, 2.24) is 4.90 Å². The Morgan fingerprint density at radius 2 is 1.90 bits per heavy atom. The van der Waals surface area contributed by atoms with Crippen LogP contribution in [0.5, 0.6) is 5.75 Å². The van der Waals surface area contributed by atoms with Crippen LogP contribution in [0.4, 0.5) is 5.69 Å². The zero-order valence-electron chi connectivity index (χ0n) is 17.1. The van der Waals surface area contributed by atoms with Gasteiger partial charge in [0.2, 0.25) is 0 Å². The number of nitro groups is 1. The maximum absolute atomic E-state index is 12.9. The zero-order chi connectivity index (χ0) is 22.5. The number of likely N-dealkylation sites (tertiary alicyclic amines) is 1. The molecule has 1 amide bonds. The lowest BCUT2D eigenvalue weighted by molar-refractivity contribution is -0.384. The van der Waals surface area contributed by atoms with Crippen LogP contribution in [0.15, 0.2) is 54.1 Å². The zero-order valence-corrected chi connectivity index (χ0v) is 17.1. The minimum absolute atomic E-state index is 0.0805. The summed E-state index contributed by atoms with van der Waals surface area (Å²) in [7, 11) is 3.04. The fraction of sp³-hybridized carbons (Fsp3) is 0.273. The number of ether oxygens (including phenoxy) is 2. The Morgan fingerprint density at radius 1 is 1.16 bits per heavy atom. The van der Waals surface area contributed by atoms with Crippen molar-refractivity contribution in [2.45, 2.75) is 12.5 Å². The SMILES string of the molecule is COCCCN1C(=O)C(=O)/C(=C(\O)c2cccc([N+](=O)[O-])c2)C1c1cccc(OC)c1. The quantitative estimate of drug-likeness (QED) is 0.172. The molecule has 1 aliphatic heterocycles. The molecular weight excluding hydrogens is 404 g/mol. The summed E-state index contributed by atoms with van der Waals surface area (Å²) in [4.78, 5) is 37.6. The van der Waals surface area contributed by atoms with E-state index in [9.17, 15) is 24.8 Å². The van der Waals surface area contributed by atoms with E-state index in [0.717, 1.165) is 6.07 Å². The Hall–Kier alpha value is -3.72. The van der Waals surface area contributed by atoms with Crippen LogP contribution in [-0.4, -0.2) is 54.0 Å². The van der Waals surface area contributed by atoms with Crippen LogP contribution in [0, 0.1) is 10.1 Å². The highest BCUT2D eigenvalue weighted by Gasteiger charge is 2.46. The minimum atomic E-state index is -0.869. The summed E-state index contributed by atoms with van der Waals surface area (Å²) in [5, 5.41) is 22.1. The molecule has 0 saturated carbocycles. The third kappa shape index (κ3) is 4.41. The second-order valence-electron chi connectivity index (χ2n) is 6.92. The van der Waals surface area contributed by atoms with Crippen molar-refractivity contribution < 1.29 is 29.1 Å². The van der Waals surface area contributed by atoms with Crippen molar-refractivity contribution in [3.63, 3.8) is 0 Å². The van der Waals surface area contributed by atoms with Crippen molar-refractivity contribution >= 4 is 23.1 Å². The molecule has 9 nitrogen and oxygen atoms in total. The number of methoxy groups -OCH3 is 2. The minimum Gasteiger partial charge on any atom is -0.507 e. The van der Waals surface area contributed by atoms with Gasteiger partial charge in [-0.05, 0) is 24.1 Å². The second kappa shape index (κ2) is 9.40. The van der Waals surface area contributed by atoms with E-state index in [1.165, 1.54) is 37.3 Å². The van der Waals surface area contributed by atoms with Crippen molar-refractivity contribution in [1.29, 1.82) is 0 Å². The molecular formula is C22H22N2O7. The Bertz CT molecular complexity index is 1050. The summed E-state index contributed by atoms with van der Waals surface area (Å²) >= 11 is 0. The lowest BCUT2D eigenvalue weighted by atomic mass is 9.95. The molecule has 3 rings (SSSR count). The van der Waals surface area contributed by atoms with Gasteiger partial charge in [-0.1, -0.05) is 24.3 Å². The molecule has 1 fully saturated rings. The van der Waals surface area contributed by atoms with Crippen LogP contribution in [0.2, 0.25) is 0 Å². The van der Waals surface area contributed by atoms with Crippen molar-refractivity contribution in [2.75, 3.05) is 27.4 Å². The van der Waals surface area contributed by atoms with Gasteiger partial charge in [-0.25, -0.2) is 0 Å². The highest BCUT2D eigenvalue weighted by Crippen LogP contribution is 2.40. The molecule has 0 aliphatic carbocycles. The standard InChI is InChI=1S/C22H22N2O7/c1-30-11-5-10-23-19(14-6-4-9-17(13-14)31-2)18(21(26)22(23)27)20(25)15-7-3-8-16(12-15)24(28)29/h3-4,6-9,12-13,19,25H,5,10-11H2,1-2H3/b20-18-. The van der Waals surface area contributed by atoms with Crippen molar-refractivity contribution in [3.8, 4) is 5.75 Å². The number of aliphatic hydroxyl groups excluding tert-OH is 1. The number of nitro benzene ring substituents is 1. The van der Waals surface area contributed by atoms with E-state index in [-0.39, 0.29) is 23.4 Å². The number of Topliss-reactive ketones (excluding diaryl/α,β-unsaturated/α-hetero) is 1. The molecule has 1 heterocycles. The normalized spacial score (nSPS) is 17.7. The van der Waals surface area contributed by atoms with Crippen LogP contribution in [0.1, 0.15) is 23.6 Å². The number of amides is 1. The first-order valence-electron chi connectivity index (χ1n) is 9.55. The molecule has 162 valence electrons. The van der Waals surface area contributed by atoms with Gasteiger partial charge in [0.25, 0.3) is 17.4 Å². The molecule has 1 aliphatic rings. The van der Waals surface area contributed by atoms with Crippen LogP contribution in [0.25, 0.3) is 5.76 Å². The van der Waals surface area contributed by atoms with E-state index in [2.05, 4.69) is 0 Å². The lowest BCUT2D eigenvalue weighted by Gasteiger charge is -2.25. The maximum atomic E-state index is 12.9. The number of hydrogen-bond acceptors (Lipinski definition) is 7. The Labute approximate surface area is 178 Å². The Kier molecular flexibility index (Phi) is 6.66. The average molecular weight is 426 g/mol. The van der Waals surface area contributed by atoms with Gasteiger partial charge in [0.15, 0.2) is 0 Å². The number of nitrogens with zero attached hydrogens (tertiary/aromatic N) is 2. The van der Waals surface area contributed by atoms with E-state index in [1.807, 2.05) is 0 Å². The number of aliphatic hydroxyl groups is 1. The number of hydrogen-bond donors (Lipinski definition) is 1. The third-order valence-corrected chi connectivity index (χ3v) is 5.03. The number of rotatable bonds is 8. The summed E-state index contributed by atoms with van der Waals surface area (Å²) in [5.41, 5.74) is 0.285. The number of benzene rings is 2. The molecule has 2 aromatic rings. The predicted octanol–water partition coefficient (Wildman–Crippen LogP) is 3.06. The highest BCUT2D eigenvalue weighted by atomic mass is 16.6. The van der Waals surface area contributed by atoms with Gasteiger partial charge in [0.05, 0.1) is 23.6 Å². The summed E-state index contributed by atoms with van der Waals surface area (Å²) in [6.07, 6.45) is 0.487. The van der Waals surface area contributed by atoms with E-state index in [0.29, 0.717) is 24.3 Å². The van der Waals surface area contributed by atoms with Gasteiger partial charge in [-0.3, -0.25) is 19.7 Å². The molecule has 1 atom stereocenters.